The Hall–Kier alpha value is -13.2. The van der Waals surface area contributed by atoms with E-state index < -0.39 is 23.1 Å². The highest BCUT2D eigenvalue weighted by Gasteiger charge is 2.27. The smallest absolute Gasteiger partial charge is 0.355 e. The van der Waals surface area contributed by atoms with Gasteiger partial charge in [0.15, 0.2) is 110 Å². The van der Waals surface area contributed by atoms with Crippen molar-refractivity contribution in [2.24, 2.45) is 33.3 Å². The van der Waals surface area contributed by atoms with Crippen molar-refractivity contribution >= 4 is 165 Å². The van der Waals surface area contributed by atoms with E-state index in [1.165, 1.54) is 15.4 Å². The molecular weight excluding hydrogens is 1680 g/mol. The zero-order valence-electron chi connectivity index (χ0n) is 67.3. The van der Waals surface area contributed by atoms with Gasteiger partial charge >= 0.3 is 29.1 Å². The van der Waals surface area contributed by atoms with Gasteiger partial charge in [-0.2, -0.15) is 35.1 Å². The summed E-state index contributed by atoms with van der Waals surface area (Å²) in [6.45, 7) is 18.8. The lowest BCUT2D eigenvalue weighted by Crippen LogP contribution is -2.24. The Balaban J connectivity index is 0.000000292. The molecule has 0 atom stereocenters. The van der Waals surface area contributed by atoms with Crippen LogP contribution in [0.2, 0.25) is 0 Å². The maximum absolute atomic E-state index is 12.8. The van der Waals surface area contributed by atoms with Crippen LogP contribution in [-0.4, -0.2) is 162 Å². The first-order valence-corrected chi connectivity index (χ1v) is 39.9. The monoisotopic (exact) mass is 1760 g/mol. The molecule has 13 aromatic heterocycles. The van der Waals surface area contributed by atoms with Crippen molar-refractivity contribution in [3.63, 3.8) is 0 Å². The van der Waals surface area contributed by atoms with E-state index in [-0.39, 0.29) is 54.2 Å². The molecule has 0 aliphatic carbocycles. The van der Waals surface area contributed by atoms with Crippen molar-refractivity contribution < 1.29 is 95.2 Å². The molecule has 15 rings (SSSR count). The van der Waals surface area contributed by atoms with Crippen LogP contribution in [0.1, 0.15) is 128 Å². The number of rotatable bonds is 16. The molecule has 0 aliphatic rings. The SMILES string of the molecule is CCOC(=O)CN=[N+]=[N-].CCOC(=O)c1c(C=O)c2oc(C)nc2n1C.CCOC(=O)c1cc2oc(C)nc2[nH]1.CCOC(=O)c1cc2oc(C)nc2n1C.COc1cccc(CCl)c1.COc1cccc(Cn2ncc3c4oc(C)nc4n(C)c3c2=O)c1.Cc1nc2c(o1)c1cn[nH]c(=O)c1n2C.Cc1ncc(C=O)o1.N=N.O.O=P(Cl)(Cl)Cl.[HH]. The van der Waals surface area contributed by atoms with Gasteiger partial charge < -0.3 is 83.7 Å². The van der Waals surface area contributed by atoms with Crippen LogP contribution in [0.15, 0.2) is 120 Å². The summed E-state index contributed by atoms with van der Waals surface area (Å²) in [5, 5.41) is 11.6. The second kappa shape index (κ2) is 46.1. The molecule has 0 fully saturated rings. The lowest BCUT2D eigenvalue weighted by molar-refractivity contribution is -0.141. The van der Waals surface area contributed by atoms with Crippen LogP contribution in [0.4, 0.5) is 0 Å². The molecule has 0 unspecified atom stereocenters. The molecular formula is C73H85Cl4N20O22P. The first-order chi connectivity index (χ1) is 56.7. The highest BCUT2D eigenvalue weighted by atomic mass is 36.0. The maximum atomic E-state index is 12.8. The van der Waals surface area contributed by atoms with Crippen molar-refractivity contribution in [2.45, 2.75) is 81.7 Å². The Kier molecular flexibility index (Phi) is 37.4. The summed E-state index contributed by atoms with van der Waals surface area (Å²) in [6, 6.07) is 18.5. The van der Waals surface area contributed by atoms with Crippen molar-refractivity contribution in [1.82, 2.24) is 73.1 Å². The third kappa shape index (κ3) is 25.9. The van der Waals surface area contributed by atoms with Gasteiger partial charge in [-0.1, -0.05) is 29.4 Å². The van der Waals surface area contributed by atoms with Crippen LogP contribution in [0.25, 0.3) is 88.4 Å². The second-order valence-electron chi connectivity index (χ2n) is 23.7. The van der Waals surface area contributed by atoms with Gasteiger partial charge in [-0.3, -0.25) is 28.5 Å². The van der Waals surface area contributed by atoms with E-state index in [4.69, 9.17) is 78.4 Å². The largest absolute Gasteiger partial charge is 0.497 e. The number of aryl methyl sites for hydroxylation is 10. The van der Waals surface area contributed by atoms with Crippen LogP contribution in [0.3, 0.4) is 0 Å². The van der Waals surface area contributed by atoms with E-state index in [0.717, 1.165) is 22.6 Å². The van der Waals surface area contributed by atoms with Gasteiger partial charge in [0.1, 0.15) is 46.2 Å². The molecule has 0 aliphatic heterocycles. The van der Waals surface area contributed by atoms with E-state index in [1.54, 1.807) is 143 Å². The summed E-state index contributed by atoms with van der Waals surface area (Å²) < 4.78 is 78.5. The van der Waals surface area contributed by atoms with Crippen LogP contribution in [0.5, 0.6) is 11.5 Å². The molecule has 120 heavy (non-hydrogen) atoms. The number of methoxy groups -OCH3 is 2. The number of azide groups is 1. The van der Waals surface area contributed by atoms with Crippen LogP contribution in [0, 0.1) is 52.6 Å². The van der Waals surface area contributed by atoms with E-state index in [1.807, 2.05) is 55.6 Å². The zero-order valence-corrected chi connectivity index (χ0v) is 71.2. The number of alkyl halides is 1. The van der Waals surface area contributed by atoms with E-state index >= 15 is 0 Å². The molecule has 0 radical (unpaired) electrons. The van der Waals surface area contributed by atoms with Crippen LogP contribution in [-0.2, 0) is 68.9 Å². The molecule has 13 heterocycles. The van der Waals surface area contributed by atoms with Gasteiger partial charge in [-0.15, -0.1) is 11.6 Å². The Labute approximate surface area is 699 Å². The number of nitrogens with zero attached hydrogens (tertiary/aromatic N) is 16. The molecule has 0 amide bonds. The summed E-state index contributed by atoms with van der Waals surface area (Å²) >= 11 is 19.4. The van der Waals surface area contributed by atoms with Crippen LogP contribution >= 0.6 is 50.5 Å². The fraction of sp³-hybridized carbons (Fsp3) is 0.315. The Bertz CT molecular complexity index is 6190. The molecule has 0 saturated heterocycles. The number of halogens is 4. The minimum atomic E-state index is -3.22. The first kappa shape index (κ1) is 97.3. The fourth-order valence-electron chi connectivity index (χ4n) is 10.8. The van der Waals surface area contributed by atoms with Gasteiger partial charge in [0.2, 0.25) is 0 Å². The van der Waals surface area contributed by atoms with E-state index in [0.29, 0.717) is 170 Å². The van der Waals surface area contributed by atoms with Crippen molar-refractivity contribution in [3.05, 3.63) is 185 Å². The average Bonchev–Trinajstić information content (AvgIpc) is 1.61. The van der Waals surface area contributed by atoms with Crippen LogP contribution < -0.4 is 20.6 Å². The van der Waals surface area contributed by atoms with Crippen molar-refractivity contribution in [1.29, 1.82) is 11.1 Å². The number of ether oxygens (including phenoxy) is 6. The highest BCUT2D eigenvalue weighted by Crippen LogP contribution is 2.61. The van der Waals surface area contributed by atoms with E-state index in [9.17, 15) is 42.9 Å². The third-order valence-electron chi connectivity index (χ3n) is 15.6. The number of fused-ring (bicyclic) bond motifs is 9. The zero-order chi connectivity index (χ0) is 88.1. The summed E-state index contributed by atoms with van der Waals surface area (Å²) in [7, 11) is 10.3. The maximum Gasteiger partial charge on any atom is 0.355 e. The lowest BCUT2D eigenvalue weighted by Gasteiger charge is -2.07. The quantitative estimate of drug-likeness (QED) is 0.0102. The van der Waals surface area contributed by atoms with E-state index in [2.05, 4.69) is 98.7 Å². The van der Waals surface area contributed by atoms with Crippen molar-refractivity contribution in [2.75, 3.05) is 47.2 Å². The normalized spacial score (nSPS) is 10.4. The number of hydrogen-bond donors (Lipinski definition) is 4. The van der Waals surface area contributed by atoms with Gasteiger partial charge in [-0.05, 0) is 102 Å². The van der Waals surface area contributed by atoms with Gasteiger partial charge in [0, 0.05) is 94.1 Å². The minimum absolute atomic E-state index is 0. The number of nitrogens with one attached hydrogen (secondary N) is 4. The molecule has 0 saturated carbocycles. The number of benzene rings is 2. The number of carbonyl (C=O) groups is 6. The molecule has 42 nitrogen and oxygen atoms in total. The number of aromatic nitrogens is 15. The number of aldehydes is 2. The Morgan fingerprint density at radius 2 is 1.11 bits per heavy atom. The lowest BCUT2D eigenvalue weighted by atomic mass is 10.2. The van der Waals surface area contributed by atoms with Gasteiger partial charge in [0.05, 0.1) is 82.1 Å². The molecule has 0 bridgehead atoms. The van der Waals surface area contributed by atoms with Crippen molar-refractivity contribution in [3.8, 4) is 11.5 Å². The molecule has 0 spiro atoms. The number of esters is 4. The Morgan fingerprint density at radius 3 is 1.62 bits per heavy atom. The van der Waals surface area contributed by atoms with Gasteiger partial charge in [0.25, 0.3) is 11.1 Å². The highest BCUT2D eigenvalue weighted by molar-refractivity contribution is 8.24. The molecule has 2 aromatic carbocycles. The topological polar surface area (TPSA) is 575 Å². The predicted octanol–water partition coefficient (Wildman–Crippen LogP) is 14.6. The number of oxazole rings is 6. The number of aromatic amines is 2. The molecule has 47 heteroatoms. The Morgan fingerprint density at radius 1 is 0.608 bits per heavy atom. The standard InChI is InChI=1S/C17H16N4O3.C11H12N2O4.C10H12N2O3.C9H8N4O2.C9H10N2O3.C8H9ClO.C5H5NO2.C4H7N3O2.Cl3OP.H2N2.H2O.H2/c1-10-19-16-15(24-10)13-8-18-21(17(22)14(13)20(16)2)9-11-5-4-6-12(7-11)23-3;1-4-16-11(15)8-7(5-14)9-10(13(8)3)12-6(2)17-9;1-4-14-10(13)7-5-8-9(12(7)3)11-6(2)15-8;1-4-11-8-7(15-4)5-3-10-12-9(14)6(5)13(8)2;1-3-13-9(12)6-4-7-8(11-6)10-5(2)14-7;1-10-8-4-2-3-7(5-8)6-9;1-4-6-2-5(3-7)8-4;1-2-9-4(8)3-6-7-5;1-5(2,3)4;1-2;;/h4-8H,9H2,1-3H3;5H,4H2,1-3H3;5H,4H2,1-3H3;3H,1-2H3,(H,12,14);4,11H,3H2,1-2H3;2-5H,6H2,1H3;2-3H,1H3;2-3H2,1H3;;1-2H;1H2;1H. The van der Waals surface area contributed by atoms with Gasteiger partial charge in [-0.25, -0.2) is 40.2 Å². The molecule has 642 valence electrons. The number of hydrogen-bond acceptors (Lipinski definition) is 32. The average molecular weight is 1770 g/mol. The molecule has 6 N–H and O–H groups in total. The number of H-pyrrole nitrogens is 2. The first-order valence-electron chi connectivity index (χ1n) is 34.9. The third-order valence-corrected chi connectivity index (χ3v) is 15.9. The summed E-state index contributed by atoms with van der Waals surface area (Å²) in [5.41, 5.74) is 27.3. The fourth-order valence-corrected chi connectivity index (χ4v) is 10.9. The molecule has 15 aromatic rings. The summed E-state index contributed by atoms with van der Waals surface area (Å²) in [6.07, 6.45) is 5.83. The summed E-state index contributed by atoms with van der Waals surface area (Å²) in [5.74, 6) is 3.91. The minimum Gasteiger partial charge on any atom is -0.497 e. The second-order valence-corrected chi connectivity index (χ2v) is 30.6. The summed E-state index contributed by atoms with van der Waals surface area (Å²) in [4.78, 5) is 120. The number of carbonyl (C=O) groups excluding carboxylic acids is 6. The predicted molar refractivity (Wildman–Crippen MR) is 441 cm³/mol.